The second kappa shape index (κ2) is 17.7. The zero-order valence-electron chi connectivity index (χ0n) is 19.1. The van der Waals surface area contributed by atoms with Crippen molar-refractivity contribution in [3.63, 3.8) is 0 Å². The summed E-state index contributed by atoms with van der Waals surface area (Å²) in [7, 11) is 0. The fourth-order valence-corrected chi connectivity index (χ4v) is 3.32. The Bertz CT molecular complexity index is 627. The number of carbonyl (C=O) groups is 1. The molecule has 168 valence electrons. The van der Waals surface area contributed by atoms with Gasteiger partial charge in [0.05, 0.1) is 0 Å². The van der Waals surface area contributed by atoms with Crippen LogP contribution in [-0.4, -0.2) is 16.1 Å². The third-order valence-electron chi connectivity index (χ3n) is 4.80. The van der Waals surface area contributed by atoms with Crippen molar-refractivity contribution < 1.29 is 20.0 Å². The molecule has 0 aromatic heterocycles. The molecule has 2 aliphatic rings. The average Bonchev–Trinajstić information content (AvgIpc) is 3.51. The average molecular weight is 417 g/mol. The molecule has 0 bridgehead atoms. The van der Waals surface area contributed by atoms with Crippen LogP contribution in [0.5, 0.6) is 5.75 Å². The maximum atomic E-state index is 10.2. The number of rotatable bonds is 2. The molecule has 0 unspecified atom stereocenters. The van der Waals surface area contributed by atoms with Crippen LogP contribution < -0.4 is 0 Å². The van der Waals surface area contributed by atoms with E-state index in [1.807, 2.05) is 64.1 Å². The first-order valence-electron chi connectivity index (χ1n) is 11.3. The maximum absolute atomic E-state index is 10.2. The van der Waals surface area contributed by atoms with Gasteiger partial charge >= 0.3 is 0 Å². The van der Waals surface area contributed by atoms with Crippen molar-refractivity contribution in [1.29, 1.82) is 0 Å². The highest BCUT2D eigenvalue weighted by Crippen LogP contribution is 2.41. The van der Waals surface area contributed by atoms with Crippen molar-refractivity contribution in [3.8, 4) is 5.75 Å². The van der Waals surface area contributed by atoms with Gasteiger partial charge < -0.3 is 5.11 Å². The molecule has 4 heteroatoms. The summed E-state index contributed by atoms with van der Waals surface area (Å²) < 4.78 is 0. The van der Waals surface area contributed by atoms with Crippen LogP contribution >= 0.6 is 0 Å². The molecule has 0 aliphatic heterocycles. The first kappa shape index (κ1) is 27.8. The van der Waals surface area contributed by atoms with Crippen LogP contribution in [0.4, 0.5) is 0 Å². The van der Waals surface area contributed by atoms with Gasteiger partial charge in [0.25, 0.3) is 0 Å². The largest absolute Gasteiger partial charge is 0.508 e. The Labute approximate surface area is 182 Å². The lowest BCUT2D eigenvalue weighted by Gasteiger charge is -2.25. The lowest BCUT2D eigenvalue weighted by molar-refractivity contribution is -0.327. The molecule has 0 spiro atoms. The van der Waals surface area contributed by atoms with Gasteiger partial charge in [-0.3, -0.25) is 10.1 Å². The zero-order valence-corrected chi connectivity index (χ0v) is 19.1. The quantitative estimate of drug-likeness (QED) is 0.392. The van der Waals surface area contributed by atoms with Gasteiger partial charge in [-0.15, -0.1) is 0 Å². The van der Waals surface area contributed by atoms with Gasteiger partial charge in [0.2, 0.25) is 0 Å². The van der Waals surface area contributed by atoms with Gasteiger partial charge in [0.1, 0.15) is 17.1 Å². The van der Waals surface area contributed by atoms with E-state index in [9.17, 15) is 4.79 Å². The third kappa shape index (κ3) is 10.6. The number of phenols is 1. The molecule has 0 amide bonds. The van der Waals surface area contributed by atoms with Gasteiger partial charge in [-0.25, -0.2) is 4.89 Å². The number of carbonyl (C=O) groups excluding carboxylic acids is 1. The van der Waals surface area contributed by atoms with E-state index in [0.717, 1.165) is 56.9 Å². The molecule has 2 aliphatic carbocycles. The number of aromatic hydroxyl groups is 1. The Morgan fingerprint density at radius 1 is 0.733 bits per heavy atom. The molecule has 4 nitrogen and oxygen atoms in total. The predicted molar refractivity (Wildman–Crippen MR) is 125 cm³/mol. The van der Waals surface area contributed by atoms with Crippen LogP contribution in [0.15, 0.2) is 60.7 Å². The molecular formula is C26H40O4. The summed E-state index contributed by atoms with van der Waals surface area (Å²) in [6.07, 6.45) is 8.09. The molecule has 0 atom stereocenters. The number of hydrogen-bond acceptors (Lipinski definition) is 4. The first-order valence-corrected chi connectivity index (χ1v) is 11.3. The van der Waals surface area contributed by atoms with Crippen LogP contribution in [0, 0.1) is 0 Å². The summed E-state index contributed by atoms with van der Waals surface area (Å²) in [4.78, 5) is 14.9. The van der Waals surface area contributed by atoms with Crippen molar-refractivity contribution in [2.75, 3.05) is 0 Å². The highest BCUT2D eigenvalue weighted by Gasteiger charge is 2.37. The molecule has 0 heterocycles. The fourth-order valence-electron chi connectivity index (χ4n) is 3.32. The molecule has 2 saturated carbocycles. The van der Waals surface area contributed by atoms with Gasteiger partial charge in [-0.2, -0.15) is 0 Å². The monoisotopic (exact) mass is 416 g/mol. The minimum absolute atomic E-state index is 0.322. The standard InChI is InChI=1S/C11H14O2.C6H6O.C5H8O.2C2H6/c12-13-11(8-4-5-9-11)10-6-2-1-3-7-10;7-6-4-2-1-3-5-6;6-5-3-1-2-4-5;2*1-2/h1-3,6-7,12H,4-5,8-9H2;1-5,7H;1-4H2;2*1-2H3. The van der Waals surface area contributed by atoms with Gasteiger partial charge in [0, 0.05) is 12.8 Å². The minimum atomic E-state index is -0.415. The van der Waals surface area contributed by atoms with E-state index in [2.05, 4.69) is 4.89 Å². The van der Waals surface area contributed by atoms with Crippen molar-refractivity contribution >= 4 is 5.78 Å². The Morgan fingerprint density at radius 2 is 1.17 bits per heavy atom. The van der Waals surface area contributed by atoms with Crippen molar-refractivity contribution in [1.82, 2.24) is 0 Å². The van der Waals surface area contributed by atoms with E-state index < -0.39 is 5.60 Å². The van der Waals surface area contributed by atoms with Crippen LogP contribution in [0.3, 0.4) is 0 Å². The summed E-state index contributed by atoms with van der Waals surface area (Å²) in [6.45, 7) is 8.00. The summed E-state index contributed by atoms with van der Waals surface area (Å²) >= 11 is 0. The van der Waals surface area contributed by atoms with Gasteiger partial charge in [-0.1, -0.05) is 76.2 Å². The number of benzene rings is 2. The van der Waals surface area contributed by atoms with Crippen LogP contribution in [0.2, 0.25) is 0 Å². The van der Waals surface area contributed by atoms with E-state index in [-0.39, 0.29) is 0 Å². The Kier molecular flexibility index (Phi) is 16.4. The van der Waals surface area contributed by atoms with Crippen LogP contribution in [0.1, 0.15) is 84.6 Å². The molecule has 0 saturated heterocycles. The Balaban J connectivity index is 0.000000420. The van der Waals surface area contributed by atoms with Crippen molar-refractivity contribution in [2.24, 2.45) is 0 Å². The second-order valence-corrected chi connectivity index (χ2v) is 6.74. The van der Waals surface area contributed by atoms with Crippen LogP contribution in [0.25, 0.3) is 0 Å². The molecular weight excluding hydrogens is 376 g/mol. The maximum Gasteiger partial charge on any atom is 0.132 e. The highest BCUT2D eigenvalue weighted by molar-refractivity contribution is 5.80. The van der Waals surface area contributed by atoms with Crippen molar-refractivity contribution in [3.05, 3.63) is 66.2 Å². The molecule has 2 fully saturated rings. The molecule has 2 N–H and O–H groups in total. The van der Waals surface area contributed by atoms with E-state index in [1.54, 1.807) is 24.3 Å². The normalized spacial score (nSPS) is 15.7. The number of ketones is 1. The summed E-state index contributed by atoms with van der Waals surface area (Å²) in [5, 5.41) is 17.6. The summed E-state index contributed by atoms with van der Waals surface area (Å²) in [5.41, 5.74) is 0.677. The van der Waals surface area contributed by atoms with Crippen LogP contribution in [-0.2, 0) is 15.3 Å². The smallest absolute Gasteiger partial charge is 0.132 e. The van der Waals surface area contributed by atoms with Crippen molar-refractivity contribution in [2.45, 2.75) is 84.7 Å². The number of Topliss-reactive ketones (excluding diaryl/α,β-unsaturated/α-hetero) is 1. The second-order valence-electron chi connectivity index (χ2n) is 6.74. The Morgan fingerprint density at radius 3 is 1.47 bits per heavy atom. The molecule has 4 rings (SSSR count). The summed E-state index contributed by atoms with van der Waals surface area (Å²) in [5.74, 6) is 0.775. The van der Waals surface area contributed by atoms with Gasteiger partial charge in [0.15, 0.2) is 0 Å². The fraction of sp³-hybridized carbons (Fsp3) is 0.500. The molecule has 0 radical (unpaired) electrons. The first-order chi connectivity index (χ1) is 14.7. The SMILES string of the molecule is CC.CC.O=C1CCCC1.OOC1(c2ccccc2)CCCC1.Oc1ccccc1. The minimum Gasteiger partial charge on any atom is -0.508 e. The number of hydrogen-bond donors (Lipinski definition) is 2. The topological polar surface area (TPSA) is 66.8 Å². The van der Waals surface area contributed by atoms with E-state index in [1.165, 1.54) is 0 Å². The molecule has 2 aromatic carbocycles. The van der Waals surface area contributed by atoms with Gasteiger partial charge in [-0.05, 0) is 56.2 Å². The summed E-state index contributed by atoms with van der Waals surface area (Å²) in [6, 6.07) is 18.7. The Hall–Kier alpha value is -2.17. The van der Waals surface area contributed by atoms with E-state index in [0.29, 0.717) is 11.5 Å². The lowest BCUT2D eigenvalue weighted by atomic mass is 9.92. The van der Waals surface area contributed by atoms with E-state index in [4.69, 9.17) is 10.4 Å². The lowest BCUT2D eigenvalue weighted by Crippen LogP contribution is -2.24. The molecule has 2 aromatic rings. The number of phenolic OH excluding ortho intramolecular Hbond substituents is 1. The predicted octanol–water partition coefficient (Wildman–Crippen LogP) is 7.52. The van der Waals surface area contributed by atoms with E-state index >= 15 is 0 Å². The third-order valence-corrected chi connectivity index (χ3v) is 4.80. The number of para-hydroxylation sites is 1. The highest BCUT2D eigenvalue weighted by atomic mass is 17.1. The zero-order chi connectivity index (χ0) is 22.7. The molecule has 30 heavy (non-hydrogen) atoms.